The van der Waals surface area contributed by atoms with Gasteiger partial charge >= 0.3 is 0 Å². The minimum Gasteiger partial charge on any atom is -0.370 e. The molecule has 0 spiro atoms. The SMILES string of the molecule is CCCNc1cc(CCC)nc(-c2ncc(Br)cc2Br)n1. The van der Waals surface area contributed by atoms with Crippen LogP contribution in [0.2, 0.25) is 0 Å². The number of rotatable bonds is 6. The van der Waals surface area contributed by atoms with E-state index in [0.717, 1.165) is 52.0 Å². The fourth-order valence-electron chi connectivity index (χ4n) is 1.91. The summed E-state index contributed by atoms with van der Waals surface area (Å²) >= 11 is 6.94. The fourth-order valence-corrected chi connectivity index (χ4v) is 3.08. The molecule has 0 saturated carbocycles. The number of nitrogens with one attached hydrogen (secondary N) is 1. The van der Waals surface area contributed by atoms with Crippen molar-refractivity contribution in [1.29, 1.82) is 0 Å². The molecule has 21 heavy (non-hydrogen) atoms. The molecule has 0 saturated heterocycles. The number of hydrogen-bond donors (Lipinski definition) is 1. The molecule has 0 aliphatic rings. The first-order valence-corrected chi connectivity index (χ1v) is 8.65. The van der Waals surface area contributed by atoms with Crippen molar-refractivity contribution in [1.82, 2.24) is 15.0 Å². The molecule has 0 fully saturated rings. The van der Waals surface area contributed by atoms with Crippen LogP contribution in [0.3, 0.4) is 0 Å². The Bertz CT molecular complexity index is 617. The van der Waals surface area contributed by atoms with Crippen molar-refractivity contribution in [2.24, 2.45) is 0 Å². The van der Waals surface area contributed by atoms with Crippen LogP contribution < -0.4 is 5.32 Å². The van der Waals surface area contributed by atoms with Gasteiger partial charge in [-0.2, -0.15) is 0 Å². The zero-order valence-corrected chi connectivity index (χ0v) is 15.3. The lowest BCUT2D eigenvalue weighted by Gasteiger charge is -2.10. The predicted octanol–water partition coefficient (Wildman–Crippen LogP) is 4.84. The van der Waals surface area contributed by atoms with E-state index in [0.29, 0.717) is 5.82 Å². The molecule has 2 heterocycles. The number of hydrogen-bond acceptors (Lipinski definition) is 4. The molecule has 0 atom stereocenters. The maximum Gasteiger partial charge on any atom is 0.181 e. The molecule has 2 aromatic heterocycles. The highest BCUT2D eigenvalue weighted by molar-refractivity contribution is 9.11. The Balaban J connectivity index is 2.43. The average molecular weight is 414 g/mol. The molecule has 0 aliphatic heterocycles. The zero-order valence-electron chi connectivity index (χ0n) is 12.2. The molecule has 0 unspecified atom stereocenters. The number of nitrogens with zero attached hydrogens (tertiary/aromatic N) is 3. The van der Waals surface area contributed by atoms with Crippen LogP contribution in [0.4, 0.5) is 5.82 Å². The van der Waals surface area contributed by atoms with Crippen molar-refractivity contribution in [3.63, 3.8) is 0 Å². The lowest BCUT2D eigenvalue weighted by Crippen LogP contribution is -2.06. The molecule has 2 aromatic rings. The van der Waals surface area contributed by atoms with Gasteiger partial charge in [-0.1, -0.05) is 20.3 Å². The van der Waals surface area contributed by atoms with Gasteiger partial charge < -0.3 is 5.32 Å². The molecule has 1 N–H and O–H groups in total. The smallest absolute Gasteiger partial charge is 0.181 e. The summed E-state index contributed by atoms with van der Waals surface area (Å²) in [5.74, 6) is 1.51. The van der Waals surface area contributed by atoms with Gasteiger partial charge in [0.1, 0.15) is 11.5 Å². The van der Waals surface area contributed by atoms with E-state index in [2.05, 4.69) is 66.0 Å². The van der Waals surface area contributed by atoms with Gasteiger partial charge in [0.05, 0.1) is 0 Å². The third-order valence-corrected chi connectivity index (χ3v) is 3.90. The number of pyridine rings is 1. The standard InChI is InChI=1S/C15H18Br2N4/c1-3-5-11-8-13(18-6-4-2)21-15(20-11)14-12(17)7-10(16)9-19-14/h7-9H,3-6H2,1-2H3,(H,18,20,21). The molecular formula is C15H18Br2N4. The molecule has 112 valence electrons. The lowest BCUT2D eigenvalue weighted by molar-refractivity contribution is 0.870. The summed E-state index contributed by atoms with van der Waals surface area (Å²) in [5.41, 5.74) is 1.80. The molecule has 0 aliphatic carbocycles. The highest BCUT2D eigenvalue weighted by Gasteiger charge is 2.11. The lowest BCUT2D eigenvalue weighted by atomic mass is 10.2. The second-order valence-corrected chi connectivity index (χ2v) is 6.50. The Labute approximate surface area is 142 Å². The second-order valence-electron chi connectivity index (χ2n) is 4.73. The van der Waals surface area contributed by atoms with Crippen LogP contribution in [0.1, 0.15) is 32.4 Å². The van der Waals surface area contributed by atoms with Crippen LogP contribution in [-0.4, -0.2) is 21.5 Å². The third-order valence-electron chi connectivity index (χ3n) is 2.86. The Morgan fingerprint density at radius 3 is 2.57 bits per heavy atom. The van der Waals surface area contributed by atoms with Gasteiger partial charge in [0, 0.05) is 33.4 Å². The van der Waals surface area contributed by atoms with Crippen LogP contribution in [0.25, 0.3) is 11.5 Å². The van der Waals surface area contributed by atoms with E-state index in [-0.39, 0.29) is 0 Å². The maximum atomic E-state index is 4.63. The minimum absolute atomic E-state index is 0.652. The first-order chi connectivity index (χ1) is 10.1. The van der Waals surface area contributed by atoms with E-state index < -0.39 is 0 Å². The molecule has 6 heteroatoms. The summed E-state index contributed by atoms with van der Waals surface area (Å²) in [5, 5.41) is 3.33. The van der Waals surface area contributed by atoms with Gasteiger partial charge in [0.2, 0.25) is 0 Å². The van der Waals surface area contributed by atoms with E-state index >= 15 is 0 Å². The van der Waals surface area contributed by atoms with Gasteiger partial charge in [-0.15, -0.1) is 0 Å². The van der Waals surface area contributed by atoms with Crippen molar-refractivity contribution in [3.05, 3.63) is 33.0 Å². The molecule has 2 rings (SSSR count). The predicted molar refractivity (Wildman–Crippen MR) is 93.4 cm³/mol. The largest absolute Gasteiger partial charge is 0.370 e. The van der Waals surface area contributed by atoms with E-state index in [1.807, 2.05) is 12.1 Å². The van der Waals surface area contributed by atoms with E-state index in [9.17, 15) is 0 Å². The van der Waals surface area contributed by atoms with Crippen LogP contribution in [0.5, 0.6) is 0 Å². The molecule has 0 amide bonds. The maximum absolute atomic E-state index is 4.63. The summed E-state index contributed by atoms with van der Waals surface area (Å²) < 4.78 is 1.80. The Hall–Kier alpha value is -1.01. The first-order valence-electron chi connectivity index (χ1n) is 7.07. The van der Waals surface area contributed by atoms with Gasteiger partial charge in [-0.05, 0) is 50.8 Å². The quantitative estimate of drug-likeness (QED) is 0.736. The van der Waals surface area contributed by atoms with E-state index in [4.69, 9.17) is 0 Å². The Kier molecular flexibility index (Phi) is 6.11. The third kappa shape index (κ3) is 4.48. The summed E-state index contributed by atoms with van der Waals surface area (Å²) in [6.07, 6.45) is 4.81. The van der Waals surface area contributed by atoms with Crippen molar-refractivity contribution in [2.75, 3.05) is 11.9 Å². The van der Waals surface area contributed by atoms with Gasteiger partial charge in [0.25, 0.3) is 0 Å². The van der Waals surface area contributed by atoms with Crippen LogP contribution >= 0.6 is 31.9 Å². The Morgan fingerprint density at radius 1 is 1.10 bits per heavy atom. The van der Waals surface area contributed by atoms with Gasteiger partial charge in [0.15, 0.2) is 5.82 Å². The van der Waals surface area contributed by atoms with Crippen molar-refractivity contribution in [2.45, 2.75) is 33.1 Å². The Morgan fingerprint density at radius 2 is 1.90 bits per heavy atom. The van der Waals surface area contributed by atoms with Gasteiger partial charge in [-0.3, -0.25) is 4.98 Å². The highest BCUT2D eigenvalue weighted by Crippen LogP contribution is 2.27. The summed E-state index contributed by atoms with van der Waals surface area (Å²) in [4.78, 5) is 13.6. The summed E-state index contributed by atoms with van der Waals surface area (Å²) in [7, 11) is 0. The molecule has 0 bridgehead atoms. The highest BCUT2D eigenvalue weighted by atomic mass is 79.9. The molecule has 4 nitrogen and oxygen atoms in total. The average Bonchev–Trinajstić information content (AvgIpc) is 2.45. The minimum atomic E-state index is 0.652. The number of anilines is 1. The van der Waals surface area contributed by atoms with Crippen molar-refractivity contribution >= 4 is 37.7 Å². The monoisotopic (exact) mass is 412 g/mol. The normalized spacial score (nSPS) is 10.7. The number of aromatic nitrogens is 3. The second kappa shape index (κ2) is 7.84. The van der Waals surface area contributed by atoms with Gasteiger partial charge in [-0.25, -0.2) is 9.97 Å². The fraction of sp³-hybridized carbons (Fsp3) is 0.400. The van der Waals surface area contributed by atoms with Crippen LogP contribution in [0, 0.1) is 0 Å². The van der Waals surface area contributed by atoms with Crippen molar-refractivity contribution in [3.8, 4) is 11.5 Å². The summed E-state index contributed by atoms with van der Waals surface area (Å²) in [6, 6.07) is 3.98. The van der Waals surface area contributed by atoms with E-state index in [1.165, 1.54) is 0 Å². The zero-order chi connectivity index (χ0) is 15.2. The molecule has 0 radical (unpaired) electrons. The van der Waals surface area contributed by atoms with Crippen LogP contribution in [-0.2, 0) is 6.42 Å². The van der Waals surface area contributed by atoms with E-state index in [1.54, 1.807) is 6.20 Å². The number of halogens is 2. The molecular weight excluding hydrogens is 396 g/mol. The van der Waals surface area contributed by atoms with Crippen molar-refractivity contribution < 1.29 is 0 Å². The topological polar surface area (TPSA) is 50.7 Å². The van der Waals surface area contributed by atoms with Crippen LogP contribution in [0.15, 0.2) is 27.3 Å². The first kappa shape index (κ1) is 16.4. The summed E-state index contributed by atoms with van der Waals surface area (Å²) in [6.45, 7) is 5.18. The number of aryl methyl sites for hydroxylation is 1. The molecule has 0 aromatic carbocycles.